The predicted octanol–water partition coefficient (Wildman–Crippen LogP) is 6.32. The third-order valence-electron chi connectivity index (χ3n) is 5.64. The van der Waals surface area contributed by atoms with E-state index in [9.17, 15) is 9.90 Å². The molecule has 26 heavy (non-hydrogen) atoms. The Hall–Kier alpha value is -3.13. The molecule has 2 nitrogen and oxygen atoms in total. The monoisotopic (exact) mass is 338 g/mol. The highest BCUT2D eigenvalue weighted by Gasteiger charge is 2.22. The summed E-state index contributed by atoms with van der Waals surface area (Å²) in [6, 6.07) is 23.2. The number of hydrogen-bond acceptors (Lipinski definition) is 1. The van der Waals surface area contributed by atoms with Gasteiger partial charge in [0.1, 0.15) is 0 Å². The van der Waals surface area contributed by atoms with Gasteiger partial charge in [0.25, 0.3) is 0 Å². The van der Waals surface area contributed by atoms with Crippen molar-refractivity contribution in [2.24, 2.45) is 0 Å². The van der Waals surface area contributed by atoms with Gasteiger partial charge in [0.15, 0.2) is 0 Å². The molecule has 5 aromatic rings. The molecule has 1 N–H and O–H groups in total. The Kier molecular flexibility index (Phi) is 3.17. The van der Waals surface area contributed by atoms with E-state index in [1.54, 1.807) is 0 Å². The summed E-state index contributed by atoms with van der Waals surface area (Å²) in [5, 5.41) is 19.3. The van der Waals surface area contributed by atoms with Crippen LogP contribution in [-0.4, -0.2) is 11.1 Å². The predicted molar refractivity (Wildman–Crippen MR) is 108 cm³/mol. The topological polar surface area (TPSA) is 37.3 Å². The van der Waals surface area contributed by atoms with Crippen molar-refractivity contribution in [1.82, 2.24) is 0 Å². The molecule has 0 aliphatic carbocycles. The van der Waals surface area contributed by atoms with E-state index in [1.807, 2.05) is 19.1 Å². The maximum absolute atomic E-state index is 11.8. The average Bonchev–Trinajstić information content (AvgIpc) is 2.67. The number of carbonyl (C=O) groups is 1. The number of rotatable bonds is 3. The van der Waals surface area contributed by atoms with Gasteiger partial charge < -0.3 is 5.11 Å². The number of carboxylic acid groups (broad SMARTS) is 1. The minimum absolute atomic E-state index is 0.479. The lowest BCUT2D eigenvalue weighted by molar-refractivity contribution is -0.138. The number of fused-ring (bicyclic) bond motifs is 2. The molecule has 0 spiro atoms. The highest BCUT2D eigenvalue weighted by Crippen LogP contribution is 2.42. The smallest absolute Gasteiger partial charge is 0.310 e. The lowest BCUT2D eigenvalue weighted by Gasteiger charge is -2.18. The van der Waals surface area contributed by atoms with Gasteiger partial charge in [-0.15, -0.1) is 0 Å². The molecule has 2 heteroatoms. The van der Waals surface area contributed by atoms with Crippen molar-refractivity contribution < 1.29 is 9.90 Å². The molecule has 0 radical (unpaired) electrons. The Morgan fingerprint density at radius 1 is 0.769 bits per heavy atom. The molecule has 5 aromatic carbocycles. The van der Waals surface area contributed by atoms with Crippen molar-refractivity contribution >= 4 is 49.1 Å². The molecule has 1 unspecified atom stereocenters. The summed E-state index contributed by atoms with van der Waals surface area (Å²) in [4.78, 5) is 11.8. The number of carboxylic acids is 1. The SMILES string of the molecule is CCC(C(=O)O)c1ccc2c3cccc4cccc(c5cccc1c52)c43. The van der Waals surface area contributed by atoms with Crippen molar-refractivity contribution in [3.63, 3.8) is 0 Å². The van der Waals surface area contributed by atoms with Gasteiger partial charge in [-0.25, -0.2) is 0 Å². The van der Waals surface area contributed by atoms with Gasteiger partial charge in [-0.2, -0.15) is 0 Å². The van der Waals surface area contributed by atoms with Crippen molar-refractivity contribution in [2.45, 2.75) is 19.3 Å². The number of benzene rings is 5. The molecule has 0 saturated heterocycles. The minimum atomic E-state index is -0.758. The minimum Gasteiger partial charge on any atom is -0.481 e. The first-order valence-corrected chi connectivity index (χ1v) is 9.01. The maximum Gasteiger partial charge on any atom is 0.310 e. The Balaban J connectivity index is 2.05. The highest BCUT2D eigenvalue weighted by molar-refractivity contribution is 6.33. The van der Waals surface area contributed by atoms with Crippen LogP contribution in [0.1, 0.15) is 24.8 Å². The molecule has 0 fully saturated rings. The third kappa shape index (κ3) is 1.90. The van der Waals surface area contributed by atoms with Crippen molar-refractivity contribution in [2.75, 3.05) is 0 Å². The van der Waals surface area contributed by atoms with E-state index in [0.29, 0.717) is 6.42 Å². The standard InChI is InChI=1S/C24H18O2/c1-2-15(24(25)26)16-12-13-21-19-9-4-7-14-6-3-8-18(22(14)19)20-11-5-10-17(16)23(20)21/h3-13,15H,2H2,1H3,(H,25,26). The maximum atomic E-state index is 11.8. The Morgan fingerprint density at radius 2 is 1.31 bits per heavy atom. The number of hydrogen-bond donors (Lipinski definition) is 1. The second-order valence-corrected chi connectivity index (χ2v) is 6.94. The zero-order valence-corrected chi connectivity index (χ0v) is 14.5. The molecule has 0 aliphatic heterocycles. The molecule has 0 amide bonds. The summed E-state index contributed by atoms with van der Waals surface area (Å²) in [7, 11) is 0. The van der Waals surface area contributed by atoms with Crippen LogP contribution in [0.2, 0.25) is 0 Å². The summed E-state index contributed by atoms with van der Waals surface area (Å²) in [6.07, 6.45) is 0.584. The van der Waals surface area contributed by atoms with Gasteiger partial charge >= 0.3 is 5.97 Å². The van der Waals surface area contributed by atoms with E-state index in [4.69, 9.17) is 0 Å². The van der Waals surface area contributed by atoms with Crippen LogP contribution in [0.5, 0.6) is 0 Å². The quantitative estimate of drug-likeness (QED) is 0.309. The molecular weight excluding hydrogens is 320 g/mol. The second kappa shape index (κ2) is 5.43. The van der Waals surface area contributed by atoms with E-state index in [2.05, 4.69) is 54.6 Å². The van der Waals surface area contributed by atoms with Gasteiger partial charge in [0.05, 0.1) is 5.92 Å². The van der Waals surface area contributed by atoms with Crippen LogP contribution in [0.25, 0.3) is 43.1 Å². The van der Waals surface area contributed by atoms with Crippen LogP contribution in [0.15, 0.2) is 66.7 Å². The van der Waals surface area contributed by atoms with Crippen LogP contribution >= 0.6 is 0 Å². The fourth-order valence-electron chi connectivity index (χ4n) is 4.50. The van der Waals surface area contributed by atoms with Crippen molar-refractivity contribution in [3.8, 4) is 0 Å². The van der Waals surface area contributed by atoms with Gasteiger partial charge in [0.2, 0.25) is 0 Å². The fourth-order valence-corrected chi connectivity index (χ4v) is 4.50. The van der Waals surface area contributed by atoms with Crippen LogP contribution in [0.4, 0.5) is 0 Å². The van der Waals surface area contributed by atoms with E-state index in [0.717, 1.165) is 10.9 Å². The van der Waals surface area contributed by atoms with Crippen LogP contribution < -0.4 is 0 Å². The van der Waals surface area contributed by atoms with Crippen molar-refractivity contribution in [1.29, 1.82) is 0 Å². The summed E-state index contributed by atoms with van der Waals surface area (Å²) in [6.45, 7) is 1.93. The summed E-state index contributed by atoms with van der Waals surface area (Å²) >= 11 is 0. The summed E-state index contributed by atoms with van der Waals surface area (Å²) in [5.74, 6) is -1.24. The van der Waals surface area contributed by atoms with E-state index < -0.39 is 11.9 Å². The van der Waals surface area contributed by atoms with E-state index >= 15 is 0 Å². The molecule has 0 aliphatic rings. The number of aliphatic carboxylic acids is 1. The van der Waals surface area contributed by atoms with Gasteiger partial charge in [0, 0.05) is 0 Å². The summed E-state index contributed by atoms with van der Waals surface area (Å²) < 4.78 is 0. The zero-order valence-electron chi connectivity index (χ0n) is 14.5. The Labute approximate surface area is 151 Å². The third-order valence-corrected chi connectivity index (χ3v) is 5.64. The second-order valence-electron chi connectivity index (χ2n) is 6.94. The first-order valence-electron chi connectivity index (χ1n) is 9.01. The molecule has 0 bridgehead atoms. The van der Waals surface area contributed by atoms with E-state index in [-0.39, 0.29) is 0 Å². The summed E-state index contributed by atoms with van der Waals surface area (Å²) in [5.41, 5.74) is 0.909. The lowest BCUT2D eigenvalue weighted by atomic mass is 9.85. The van der Waals surface area contributed by atoms with Crippen LogP contribution in [-0.2, 0) is 4.79 Å². The van der Waals surface area contributed by atoms with Crippen LogP contribution in [0.3, 0.4) is 0 Å². The first kappa shape index (κ1) is 15.2. The normalized spacial score (nSPS) is 13.1. The molecule has 0 saturated carbocycles. The highest BCUT2D eigenvalue weighted by atomic mass is 16.4. The molecule has 5 rings (SSSR count). The zero-order chi connectivity index (χ0) is 17.8. The largest absolute Gasteiger partial charge is 0.481 e. The average molecular weight is 338 g/mol. The molecule has 1 atom stereocenters. The van der Waals surface area contributed by atoms with Crippen molar-refractivity contribution in [3.05, 3.63) is 72.3 Å². The van der Waals surface area contributed by atoms with Gasteiger partial charge in [-0.3, -0.25) is 4.79 Å². The van der Waals surface area contributed by atoms with Crippen LogP contribution in [0, 0.1) is 0 Å². The molecule has 0 heterocycles. The fraction of sp³-hybridized carbons (Fsp3) is 0.125. The van der Waals surface area contributed by atoms with E-state index in [1.165, 1.54) is 37.7 Å². The molecule has 126 valence electrons. The van der Waals surface area contributed by atoms with Gasteiger partial charge in [-0.1, -0.05) is 73.7 Å². The first-order chi connectivity index (χ1) is 12.7. The Bertz CT molecular complexity index is 1250. The van der Waals surface area contributed by atoms with Gasteiger partial charge in [-0.05, 0) is 55.1 Å². The molecule has 0 aromatic heterocycles. The Morgan fingerprint density at radius 3 is 1.92 bits per heavy atom. The molecular formula is C24H18O2. The lowest BCUT2D eigenvalue weighted by Crippen LogP contribution is -2.11.